The Morgan fingerprint density at radius 1 is 0.828 bits per heavy atom. The number of allylic oxidation sites excluding steroid dienone is 1. The number of aliphatic hydroxyl groups is 1. The van der Waals surface area contributed by atoms with Gasteiger partial charge in [-0.3, -0.25) is 0 Å². The van der Waals surface area contributed by atoms with E-state index in [1.807, 2.05) is 66.5 Å². The quantitative estimate of drug-likeness (QED) is 0.604. The number of hydrogen-bond acceptors (Lipinski definition) is 2. The van der Waals surface area contributed by atoms with Crippen LogP contribution in [0.25, 0.3) is 5.57 Å². The van der Waals surface area contributed by atoms with Gasteiger partial charge >= 0.3 is 0 Å². The van der Waals surface area contributed by atoms with Crippen LogP contribution in [-0.2, 0) is 5.41 Å². The second-order valence-corrected chi connectivity index (χ2v) is 8.09. The molecule has 1 aliphatic heterocycles. The van der Waals surface area contributed by atoms with E-state index in [-0.39, 0.29) is 0 Å². The summed E-state index contributed by atoms with van der Waals surface area (Å²) >= 11 is 0. The van der Waals surface area contributed by atoms with Crippen molar-refractivity contribution in [3.8, 4) is 11.8 Å². The summed E-state index contributed by atoms with van der Waals surface area (Å²) in [5.41, 5.74) is 4.61. The lowest BCUT2D eigenvalue weighted by atomic mass is 9.75. The van der Waals surface area contributed by atoms with Crippen LogP contribution in [0.1, 0.15) is 30.0 Å². The summed E-state index contributed by atoms with van der Waals surface area (Å²) in [6.07, 6.45) is 0.744. The minimum atomic E-state index is -1.18. The average molecular weight is 377 g/mol. The van der Waals surface area contributed by atoms with Crippen molar-refractivity contribution in [1.29, 1.82) is 0 Å². The lowest BCUT2D eigenvalue weighted by Gasteiger charge is -2.39. The van der Waals surface area contributed by atoms with E-state index < -0.39 is 11.1 Å². The Morgan fingerprint density at radius 2 is 1.45 bits per heavy atom. The van der Waals surface area contributed by atoms with Gasteiger partial charge in [0, 0.05) is 18.3 Å². The fourth-order valence-electron chi connectivity index (χ4n) is 4.98. The molecule has 0 saturated carbocycles. The van der Waals surface area contributed by atoms with Crippen molar-refractivity contribution in [1.82, 2.24) is 0 Å². The van der Waals surface area contributed by atoms with Crippen molar-refractivity contribution in [3.05, 3.63) is 107 Å². The van der Waals surface area contributed by atoms with E-state index >= 15 is 0 Å². The number of benzene rings is 3. The van der Waals surface area contributed by atoms with Crippen LogP contribution in [0.5, 0.6) is 0 Å². The van der Waals surface area contributed by atoms with E-state index in [9.17, 15) is 5.11 Å². The predicted molar refractivity (Wildman–Crippen MR) is 118 cm³/mol. The standard InChI is InChI=1S/C27H23NO/c1-26-19-22(21-13-7-4-8-14-21)23(18-17-20-11-5-3-6-12-20)27(26,29)28(2)25-16-10-9-15-24(25)26/h3-16,29H,19H2,1-2H3/t26-,27+/m0/s1. The smallest absolute Gasteiger partial charge is 0.182 e. The second kappa shape index (κ2) is 6.37. The van der Waals surface area contributed by atoms with Crippen molar-refractivity contribution in [2.45, 2.75) is 24.5 Å². The Hall–Kier alpha value is -3.28. The Kier molecular flexibility index (Phi) is 3.91. The highest BCUT2D eigenvalue weighted by atomic mass is 16.3. The minimum absolute atomic E-state index is 0.454. The summed E-state index contributed by atoms with van der Waals surface area (Å²) in [6.45, 7) is 2.16. The highest BCUT2D eigenvalue weighted by Gasteiger charge is 2.63. The molecule has 1 N–H and O–H groups in total. The zero-order chi connectivity index (χ0) is 20.1. The normalized spacial score (nSPS) is 24.7. The van der Waals surface area contributed by atoms with Crippen LogP contribution < -0.4 is 4.90 Å². The summed E-state index contributed by atoms with van der Waals surface area (Å²) in [5, 5.41) is 12.2. The Bertz CT molecular complexity index is 1170. The lowest BCUT2D eigenvalue weighted by Crippen LogP contribution is -2.54. The van der Waals surface area contributed by atoms with Gasteiger partial charge in [-0.15, -0.1) is 0 Å². The van der Waals surface area contributed by atoms with Gasteiger partial charge in [-0.1, -0.05) is 85.5 Å². The molecule has 0 saturated heterocycles. The van der Waals surface area contributed by atoms with Gasteiger partial charge in [-0.2, -0.15) is 0 Å². The molecule has 2 heteroatoms. The molecule has 2 aliphatic rings. The summed E-state index contributed by atoms with van der Waals surface area (Å²) in [5.74, 6) is 6.68. The van der Waals surface area contributed by atoms with Gasteiger partial charge in [0.2, 0.25) is 0 Å². The number of likely N-dealkylation sites (N-methyl/N-ethyl adjacent to an activating group) is 1. The summed E-state index contributed by atoms with van der Waals surface area (Å²) < 4.78 is 0. The third kappa shape index (κ3) is 2.41. The van der Waals surface area contributed by atoms with Crippen LogP contribution in [0.4, 0.5) is 5.69 Å². The van der Waals surface area contributed by atoms with E-state index in [0.29, 0.717) is 0 Å². The molecule has 0 fully saturated rings. The van der Waals surface area contributed by atoms with E-state index in [0.717, 1.165) is 34.4 Å². The van der Waals surface area contributed by atoms with Gasteiger partial charge in [0.1, 0.15) is 0 Å². The molecule has 0 bridgehead atoms. The van der Waals surface area contributed by atoms with E-state index in [2.05, 4.69) is 49.1 Å². The zero-order valence-electron chi connectivity index (χ0n) is 16.7. The molecule has 0 amide bonds. The lowest BCUT2D eigenvalue weighted by molar-refractivity contribution is 0.0309. The molecular formula is C27H23NO. The number of fused-ring (bicyclic) bond motifs is 3. The Balaban J connectivity index is 1.74. The van der Waals surface area contributed by atoms with Crippen molar-refractivity contribution in [2.24, 2.45) is 0 Å². The van der Waals surface area contributed by atoms with Gasteiger partial charge in [0.15, 0.2) is 5.72 Å². The summed E-state index contributed by atoms with van der Waals surface area (Å²) in [6, 6.07) is 28.6. The molecular weight excluding hydrogens is 354 g/mol. The molecule has 5 rings (SSSR count). The SMILES string of the molecule is CN1c2ccccc2[C@]2(C)CC(c3ccccc3)=C(C#Cc3ccccc3)[C@]12O. The first-order chi connectivity index (χ1) is 14.1. The Morgan fingerprint density at radius 3 is 2.17 bits per heavy atom. The van der Waals surface area contributed by atoms with E-state index in [4.69, 9.17) is 0 Å². The molecule has 2 nitrogen and oxygen atoms in total. The summed E-state index contributed by atoms with van der Waals surface area (Å²) in [4.78, 5) is 2.01. The van der Waals surface area contributed by atoms with Crippen LogP contribution in [0, 0.1) is 11.8 Å². The maximum Gasteiger partial charge on any atom is 0.182 e. The number of hydrogen-bond donors (Lipinski definition) is 1. The highest BCUT2D eigenvalue weighted by molar-refractivity contribution is 5.86. The van der Waals surface area contributed by atoms with Crippen LogP contribution in [-0.4, -0.2) is 17.9 Å². The van der Waals surface area contributed by atoms with Crippen molar-refractivity contribution in [2.75, 3.05) is 11.9 Å². The minimum Gasteiger partial charge on any atom is -0.365 e. The molecule has 29 heavy (non-hydrogen) atoms. The third-order valence-corrected chi connectivity index (χ3v) is 6.52. The van der Waals surface area contributed by atoms with Gasteiger partial charge in [0.25, 0.3) is 0 Å². The third-order valence-electron chi connectivity index (χ3n) is 6.52. The van der Waals surface area contributed by atoms with Crippen molar-refractivity contribution >= 4 is 11.3 Å². The molecule has 3 aromatic carbocycles. The van der Waals surface area contributed by atoms with Gasteiger partial charge < -0.3 is 10.0 Å². The van der Waals surface area contributed by atoms with Crippen LogP contribution in [0.3, 0.4) is 0 Å². The largest absolute Gasteiger partial charge is 0.365 e. The second-order valence-electron chi connectivity index (χ2n) is 8.09. The molecule has 0 unspecified atom stereocenters. The maximum atomic E-state index is 12.2. The topological polar surface area (TPSA) is 23.5 Å². The fraction of sp³-hybridized carbons (Fsp3) is 0.185. The molecule has 142 valence electrons. The maximum absolute atomic E-state index is 12.2. The summed E-state index contributed by atoms with van der Waals surface area (Å²) in [7, 11) is 1.97. The van der Waals surface area contributed by atoms with Crippen molar-refractivity contribution in [3.63, 3.8) is 0 Å². The number of rotatable bonds is 1. The van der Waals surface area contributed by atoms with Gasteiger partial charge in [0.05, 0.1) is 11.0 Å². The molecule has 2 atom stereocenters. The van der Waals surface area contributed by atoms with E-state index in [1.54, 1.807) is 0 Å². The highest BCUT2D eigenvalue weighted by Crippen LogP contribution is 2.61. The van der Waals surface area contributed by atoms with Crippen molar-refractivity contribution < 1.29 is 5.11 Å². The molecule has 0 spiro atoms. The first-order valence-electron chi connectivity index (χ1n) is 9.97. The van der Waals surface area contributed by atoms with Crippen LogP contribution in [0.15, 0.2) is 90.5 Å². The Labute approximate surface area is 172 Å². The van der Waals surface area contributed by atoms with Crippen LogP contribution >= 0.6 is 0 Å². The molecule has 3 aromatic rings. The first-order valence-corrected chi connectivity index (χ1v) is 9.97. The zero-order valence-corrected chi connectivity index (χ0v) is 16.7. The number of para-hydroxylation sites is 1. The van der Waals surface area contributed by atoms with Gasteiger partial charge in [-0.05, 0) is 41.3 Å². The first kappa shape index (κ1) is 17.8. The van der Waals surface area contributed by atoms with Crippen LogP contribution in [0.2, 0.25) is 0 Å². The fourth-order valence-corrected chi connectivity index (χ4v) is 4.98. The van der Waals surface area contributed by atoms with Gasteiger partial charge in [-0.25, -0.2) is 0 Å². The molecule has 0 aromatic heterocycles. The predicted octanol–water partition coefficient (Wildman–Crippen LogP) is 4.99. The molecule has 1 aliphatic carbocycles. The number of nitrogens with zero attached hydrogens (tertiary/aromatic N) is 1. The molecule has 0 radical (unpaired) electrons. The monoisotopic (exact) mass is 377 g/mol. The van der Waals surface area contributed by atoms with E-state index in [1.165, 1.54) is 5.56 Å². The molecule has 1 heterocycles. The average Bonchev–Trinajstić information content (AvgIpc) is 3.10. The number of anilines is 1.